The van der Waals surface area contributed by atoms with E-state index in [2.05, 4.69) is 16.2 Å². The number of para-hydroxylation sites is 1. The quantitative estimate of drug-likeness (QED) is 0.917. The highest BCUT2D eigenvalue weighted by atomic mass is 32.2. The van der Waals surface area contributed by atoms with Gasteiger partial charge in [0, 0.05) is 30.0 Å². The summed E-state index contributed by atoms with van der Waals surface area (Å²) in [5.74, 6) is 2.09. The van der Waals surface area contributed by atoms with E-state index in [1.807, 2.05) is 23.1 Å². The largest absolute Gasteiger partial charge is 0.339 e. The molecule has 0 radical (unpaired) electrons. The van der Waals surface area contributed by atoms with Gasteiger partial charge in [0.1, 0.15) is 0 Å². The van der Waals surface area contributed by atoms with E-state index in [1.54, 1.807) is 11.8 Å². The van der Waals surface area contributed by atoms with Crippen molar-refractivity contribution >= 4 is 23.4 Å². The molecule has 2 N–H and O–H groups in total. The summed E-state index contributed by atoms with van der Waals surface area (Å²) in [6.07, 6.45) is 3.71. The number of carbonyl (C=O) groups excluding carboxylic acids is 1. The van der Waals surface area contributed by atoms with Crippen LogP contribution in [-0.2, 0) is 16.8 Å². The molecule has 1 fully saturated rings. The lowest BCUT2D eigenvalue weighted by Gasteiger charge is -2.34. The molecule has 7 heteroatoms. The Morgan fingerprint density at radius 3 is 3.00 bits per heavy atom. The van der Waals surface area contributed by atoms with Gasteiger partial charge in [0.15, 0.2) is 5.82 Å². The number of aryl methyl sites for hydroxylation is 1. The number of anilines is 1. The number of hydrogen-bond donors (Lipinski definition) is 1. The van der Waals surface area contributed by atoms with E-state index in [0.717, 1.165) is 42.1 Å². The van der Waals surface area contributed by atoms with Gasteiger partial charge in [0.25, 0.3) is 0 Å². The molecule has 126 valence electrons. The third-order valence-corrected chi connectivity index (χ3v) is 5.78. The minimum atomic E-state index is -0.422. The van der Waals surface area contributed by atoms with Gasteiger partial charge in [-0.05, 0) is 31.4 Å². The summed E-state index contributed by atoms with van der Waals surface area (Å²) < 4.78 is 5.28. The molecule has 0 saturated heterocycles. The molecule has 1 aromatic carbocycles. The van der Waals surface area contributed by atoms with Gasteiger partial charge < -0.3 is 15.2 Å². The molecular weight excluding hydrogens is 324 g/mol. The molecule has 1 aliphatic carbocycles. The Morgan fingerprint density at radius 2 is 2.21 bits per heavy atom. The summed E-state index contributed by atoms with van der Waals surface area (Å²) in [5.41, 5.74) is 6.78. The van der Waals surface area contributed by atoms with Crippen LogP contribution in [0.2, 0.25) is 0 Å². The number of fused-ring (bicyclic) bond motifs is 1. The molecule has 4 rings (SSSR count). The van der Waals surface area contributed by atoms with Gasteiger partial charge in [-0.1, -0.05) is 17.3 Å². The summed E-state index contributed by atoms with van der Waals surface area (Å²) >= 11 is 1.79. The third kappa shape index (κ3) is 2.82. The van der Waals surface area contributed by atoms with Crippen molar-refractivity contribution < 1.29 is 9.32 Å². The van der Waals surface area contributed by atoms with Gasteiger partial charge in [-0.3, -0.25) is 4.79 Å². The van der Waals surface area contributed by atoms with Crippen molar-refractivity contribution in [1.82, 2.24) is 10.1 Å². The Bertz CT molecular complexity index is 757. The summed E-state index contributed by atoms with van der Waals surface area (Å²) in [6.45, 7) is 0.738. The van der Waals surface area contributed by atoms with Gasteiger partial charge >= 0.3 is 0 Å². The Balaban J connectivity index is 1.41. The SMILES string of the molecule is NC1(c2noc(CCC(=O)N3CCSc4ccccc43)n2)CCC1. The van der Waals surface area contributed by atoms with Crippen LogP contribution in [0.5, 0.6) is 0 Å². The number of benzene rings is 1. The number of nitrogens with two attached hydrogens (primary N) is 1. The average Bonchev–Trinajstić information content (AvgIpc) is 3.06. The van der Waals surface area contributed by atoms with Crippen molar-refractivity contribution in [1.29, 1.82) is 0 Å². The molecule has 0 atom stereocenters. The van der Waals surface area contributed by atoms with Gasteiger partial charge in [0.05, 0.1) is 11.2 Å². The van der Waals surface area contributed by atoms with Crippen LogP contribution >= 0.6 is 11.8 Å². The van der Waals surface area contributed by atoms with E-state index >= 15 is 0 Å². The average molecular weight is 344 g/mol. The molecule has 0 unspecified atom stereocenters. The molecule has 1 saturated carbocycles. The number of nitrogens with zero attached hydrogens (tertiary/aromatic N) is 3. The first kappa shape index (κ1) is 15.7. The molecule has 0 spiro atoms. The fraction of sp³-hybridized carbons (Fsp3) is 0.471. The second kappa shape index (κ2) is 6.22. The minimum absolute atomic E-state index is 0.0913. The standard InChI is InChI=1S/C17H20N4O2S/c18-17(8-3-9-17)16-19-14(23-20-16)6-7-15(22)21-10-11-24-13-5-2-1-4-12(13)21/h1-2,4-5H,3,6-11,18H2. The number of rotatable bonds is 4. The van der Waals surface area contributed by atoms with Crippen LogP contribution in [-0.4, -0.2) is 28.3 Å². The van der Waals surface area contributed by atoms with E-state index in [0.29, 0.717) is 24.6 Å². The van der Waals surface area contributed by atoms with Crippen LogP contribution < -0.4 is 10.6 Å². The molecule has 1 aliphatic heterocycles. The zero-order valence-corrected chi connectivity index (χ0v) is 14.2. The zero-order valence-electron chi connectivity index (χ0n) is 13.4. The van der Waals surface area contributed by atoms with Crippen molar-refractivity contribution in [2.75, 3.05) is 17.2 Å². The Labute approximate surface area is 144 Å². The lowest BCUT2D eigenvalue weighted by Crippen LogP contribution is -2.44. The van der Waals surface area contributed by atoms with Crippen molar-refractivity contribution in [2.45, 2.75) is 42.5 Å². The number of hydrogen-bond acceptors (Lipinski definition) is 6. The molecule has 1 aromatic heterocycles. The summed E-state index contributed by atoms with van der Waals surface area (Å²) in [7, 11) is 0. The Kier molecular flexibility index (Phi) is 4.05. The van der Waals surface area contributed by atoms with Gasteiger partial charge in [-0.15, -0.1) is 11.8 Å². The fourth-order valence-electron chi connectivity index (χ4n) is 3.12. The van der Waals surface area contributed by atoms with Crippen LogP contribution in [0.15, 0.2) is 33.7 Å². The lowest BCUT2D eigenvalue weighted by molar-refractivity contribution is -0.118. The van der Waals surface area contributed by atoms with Crippen molar-refractivity contribution in [2.24, 2.45) is 5.73 Å². The van der Waals surface area contributed by atoms with E-state index in [9.17, 15) is 4.79 Å². The highest BCUT2D eigenvalue weighted by Crippen LogP contribution is 2.37. The first-order valence-corrected chi connectivity index (χ1v) is 9.28. The highest BCUT2D eigenvalue weighted by Gasteiger charge is 2.39. The molecule has 2 heterocycles. The van der Waals surface area contributed by atoms with Crippen LogP contribution in [0, 0.1) is 0 Å². The van der Waals surface area contributed by atoms with Crippen LogP contribution in [0.3, 0.4) is 0 Å². The van der Waals surface area contributed by atoms with Gasteiger partial charge in [-0.25, -0.2) is 0 Å². The smallest absolute Gasteiger partial charge is 0.227 e. The number of aromatic nitrogens is 2. The summed E-state index contributed by atoms with van der Waals surface area (Å²) in [6, 6.07) is 8.03. The topological polar surface area (TPSA) is 85.2 Å². The molecule has 0 bridgehead atoms. The second-order valence-corrected chi connectivity index (χ2v) is 7.52. The van der Waals surface area contributed by atoms with Crippen LogP contribution in [0.25, 0.3) is 0 Å². The number of amides is 1. The summed E-state index contributed by atoms with van der Waals surface area (Å²) in [4.78, 5) is 20.0. The molecular formula is C17H20N4O2S. The summed E-state index contributed by atoms with van der Waals surface area (Å²) in [5, 5.41) is 4.00. The Hall–Kier alpha value is -1.86. The second-order valence-electron chi connectivity index (χ2n) is 6.38. The van der Waals surface area contributed by atoms with Crippen molar-refractivity contribution in [3.63, 3.8) is 0 Å². The van der Waals surface area contributed by atoms with E-state index < -0.39 is 5.54 Å². The first-order valence-electron chi connectivity index (χ1n) is 8.30. The number of carbonyl (C=O) groups is 1. The van der Waals surface area contributed by atoms with Crippen molar-refractivity contribution in [3.8, 4) is 0 Å². The molecule has 1 amide bonds. The van der Waals surface area contributed by atoms with Gasteiger partial charge in [0.2, 0.25) is 11.8 Å². The highest BCUT2D eigenvalue weighted by molar-refractivity contribution is 7.99. The fourth-order valence-corrected chi connectivity index (χ4v) is 4.11. The zero-order chi connectivity index (χ0) is 16.6. The monoisotopic (exact) mass is 344 g/mol. The predicted octanol–water partition coefficient (Wildman–Crippen LogP) is 2.48. The maximum absolute atomic E-state index is 12.6. The van der Waals surface area contributed by atoms with E-state index in [4.69, 9.17) is 10.3 Å². The Morgan fingerprint density at radius 1 is 1.38 bits per heavy atom. The van der Waals surface area contributed by atoms with Crippen LogP contribution in [0.1, 0.15) is 37.4 Å². The lowest BCUT2D eigenvalue weighted by atomic mass is 9.77. The maximum atomic E-state index is 12.6. The van der Waals surface area contributed by atoms with Crippen molar-refractivity contribution in [3.05, 3.63) is 36.0 Å². The minimum Gasteiger partial charge on any atom is -0.339 e. The van der Waals surface area contributed by atoms with E-state index in [-0.39, 0.29) is 5.91 Å². The molecule has 24 heavy (non-hydrogen) atoms. The van der Waals surface area contributed by atoms with Gasteiger partial charge in [-0.2, -0.15) is 4.98 Å². The maximum Gasteiger partial charge on any atom is 0.227 e. The predicted molar refractivity (Wildman–Crippen MR) is 91.9 cm³/mol. The first-order chi connectivity index (χ1) is 11.7. The molecule has 2 aromatic rings. The third-order valence-electron chi connectivity index (χ3n) is 4.74. The number of thioether (sulfide) groups is 1. The van der Waals surface area contributed by atoms with Crippen LogP contribution in [0.4, 0.5) is 5.69 Å². The van der Waals surface area contributed by atoms with E-state index in [1.165, 1.54) is 0 Å². The molecule has 6 nitrogen and oxygen atoms in total. The normalized spacial score (nSPS) is 18.8. The molecule has 2 aliphatic rings.